The van der Waals surface area contributed by atoms with E-state index < -0.39 is 0 Å². The number of ether oxygens (including phenoxy) is 1. The van der Waals surface area contributed by atoms with Crippen molar-refractivity contribution in [3.05, 3.63) is 36.7 Å². The molecule has 3 rings (SSSR count). The van der Waals surface area contributed by atoms with E-state index in [0.29, 0.717) is 5.92 Å². The van der Waals surface area contributed by atoms with Crippen molar-refractivity contribution in [2.45, 2.75) is 25.5 Å². The highest BCUT2D eigenvalue weighted by atomic mass is 16.5. The fourth-order valence-corrected chi connectivity index (χ4v) is 2.96. The maximum absolute atomic E-state index is 6.00. The molecule has 1 fully saturated rings. The molecule has 2 atom stereocenters. The number of nitrogens with one attached hydrogen (secondary N) is 1. The molecule has 0 aliphatic carbocycles. The van der Waals surface area contributed by atoms with Crippen LogP contribution in [0.5, 0.6) is 0 Å². The van der Waals surface area contributed by atoms with Crippen LogP contribution in [0, 0.1) is 5.92 Å². The molecule has 0 bridgehead atoms. The standard InChI is InChI=1S/C15H23N5O/c1-19-14(4-5-18-19)15-13(3-2-10-21-15)11-16-6-8-20-9-7-17-12-20/h4-5,7,9,12-13,15-16H,2-3,6,8,10-11H2,1H3/t13-,15+/m0/s1. The monoisotopic (exact) mass is 289 g/mol. The lowest BCUT2D eigenvalue weighted by Gasteiger charge is -2.32. The second-order valence-corrected chi connectivity index (χ2v) is 5.58. The van der Waals surface area contributed by atoms with Crippen LogP contribution in [0.25, 0.3) is 0 Å². The number of aromatic nitrogens is 4. The summed E-state index contributed by atoms with van der Waals surface area (Å²) >= 11 is 0. The van der Waals surface area contributed by atoms with E-state index in [2.05, 4.69) is 26.0 Å². The van der Waals surface area contributed by atoms with Crippen molar-refractivity contribution in [3.63, 3.8) is 0 Å². The van der Waals surface area contributed by atoms with Gasteiger partial charge in [0.1, 0.15) is 6.10 Å². The van der Waals surface area contributed by atoms with Crippen LogP contribution in [-0.2, 0) is 18.3 Å². The van der Waals surface area contributed by atoms with E-state index in [4.69, 9.17) is 4.74 Å². The average Bonchev–Trinajstić information content (AvgIpc) is 3.15. The highest BCUT2D eigenvalue weighted by Crippen LogP contribution is 2.32. The van der Waals surface area contributed by atoms with Crippen molar-refractivity contribution in [2.75, 3.05) is 19.7 Å². The Bertz CT molecular complexity index is 536. The van der Waals surface area contributed by atoms with E-state index in [0.717, 1.165) is 32.7 Å². The van der Waals surface area contributed by atoms with Crippen LogP contribution < -0.4 is 5.32 Å². The summed E-state index contributed by atoms with van der Waals surface area (Å²) in [5, 5.41) is 7.81. The minimum atomic E-state index is 0.159. The second-order valence-electron chi connectivity index (χ2n) is 5.58. The molecule has 2 aromatic heterocycles. The Morgan fingerprint density at radius 3 is 3.14 bits per heavy atom. The van der Waals surface area contributed by atoms with Gasteiger partial charge in [-0.05, 0) is 18.9 Å². The van der Waals surface area contributed by atoms with Gasteiger partial charge in [0.2, 0.25) is 0 Å². The van der Waals surface area contributed by atoms with Crippen molar-refractivity contribution in [2.24, 2.45) is 13.0 Å². The zero-order chi connectivity index (χ0) is 14.5. The number of aryl methyl sites for hydroxylation is 1. The molecular formula is C15H23N5O. The highest BCUT2D eigenvalue weighted by Gasteiger charge is 2.28. The highest BCUT2D eigenvalue weighted by molar-refractivity contribution is 5.07. The van der Waals surface area contributed by atoms with Crippen molar-refractivity contribution >= 4 is 0 Å². The van der Waals surface area contributed by atoms with Crippen LogP contribution in [0.3, 0.4) is 0 Å². The van der Waals surface area contributed by atoms with Crippen molar-refractivity contribution in [1.82, 2.24) is 24.6 Å². The van der Waals surface area contributed by atoms with Crippen LogP contribution in [0.15, 0.2) is 31.0 Å². The molecule has 0 saturated carbocycles. The van der Waals surface area contributed by atoms with Gasteiger partial charge in [-0.25, -0.2) is 4.98 Å². The van der Waals surface area contributed by atoms with Crippen LogP contribution in [-0.4, -0.2) is 39.0 Å². The maximum atomic E-state index is 6.00. The number of hydrogen-bond donors (Lipinski definition) is 1. The fourth-order valence-electron chi connectivity index (χ4n) is 2.96. The second kappa shape index (κ2) is 6.87. The molecule has 1 saturated heterocycles. The molecule has 3 heterocycles. The van der Waals surface area contributed by atoms with E-state index >= 15 is 0 Å². The summed E-state index contributed by atoms with van der Waals surface area (Å²) < 4.78 is 10.0. The summed E-state index contributed by atoms with van der Waals surface area (Å²) in [4.78, 5) is 4.05. The third-order valence-electron chi connectivity index (χ3n) is 4.11. The molecule has 6 nitrogen and oxygen atoms in total. The smallest absolute Gasteiger partial charge is 0.103 e. The van der Waals surface area contributed by atoms with E-state index in [9.17, 15) is 0 Å². The largest absolute Gasteiger partial charge is 0.372 e. The van der Waals surface area contributed by atoms with Gasteiger partial charge in [-0.1, -0.05) is 0 Å². The first-order valence-corrected chi connectivity index (χ1v) is 7.60. The lowest BCUT2D eigenvalue weighted by molar-refractivity contribution is -0.0322. The molecule has 1 N–H and O–H groups in total. The first-order valence-electron chi connectivity index (χ1n) is 7.60. The topological polar surface area (TPSA) is 56.9 Å². The summed E-state index contributed by atoms with van der Waals surface area (Å²) in [5.41, 5.74) is 1.18. The number of hydrogen-bond acceptors (Lipinski definition) is 4. The Labute approximate surface area is 125 Å². The van der Waals surface area contributed by atoms with Gasteiger partial charge in [0.25, 0.3) is 0 Å². The minimum absolute atomic E-state index is 0.159. The normalized spacial score (nSPS) is 22.5. The number of imidazole rings is 1. The molecule has 1 aliphatic rings. The SMILES string of the molecule is Cn1nccc1[C@@H]1OCCC[C@H]1CNCCn1ccnc1. The Morgan fingerprint density at radius 2 is 2.38 bits per heavy atom. The predicted octanol–water partition coefficient (Wildman–Crippen LogP) is 1.37. The molecular weight excluding hydrogens is 266 g/mol. The van der Waals surface area contributed by atoms with Gasteiger partial charge in [-0.15, -0.1) is 0 Å². The first kappa shape index (κ1) is 14.3. The van der Waals surface area contributed by atoms with Gasteiger partial charge >= 0.3 is 0 Å². The predicted molar refractivity (Wildman–Crippen MR) is 79.7 cm³/mol. The maximum Gasteiger partial charge on any atom is 0.103 e. The Kier molecular flexibility index (Phi) is 4.67. The molecule has 21 heavy (non-hydrogen) atoms. The average molecular weight is 289 g/mol. The van der Waals surface area contributed by atoms with Gasteiger partial charge in [-0.3, -0.25) is 4.68 Å². The van der Waals surface area contributed by atoms with Gasteiger partial charge in [-0.2, -0.15) is 5.10 Å². The minimum Gasteiger partial charge on any atom is -0.372 e. The third-order valence-corrected chi connectivity index (χ3v) is 4.11. The van der Waals surface area contributed by atoms with Crippen LogP contribution in [0.1, 0.15) is 24.6 Å². The number of nitrogens with zero attached hydrogens (tertiary/aromatic N) is 4. The zero-order valence-electron chi connectivity index (χ0n) is 12.5. The number of rotatable bonds is 6. The van der Waals surface area contributed by atoms with E-state index in [1.165, 1.54) is 12.1 Å². The van der Waals surface area contributed by atoms with Crippen LogP contribution in [0.4, 0.5) is 0 Å². The molecule has 0 spiro atoms. The van der Waals surface area contributed by atoms with Gasteiger partial charge < -0.3 is 14.6 Å². The Balaban J connectivity index is 1.51. The summed E-state index contributed by atoms with van der Waals surface area (Å²) in [6, 6.07) is 2.06. The quantitative estimate of drug-likeness (QED) is 0.816. The third kappa shape index (κ3) is 3.51. The molecule has 0 amide bonds. The summed E-state index contributed by atoms with van der Waals surface area (Å²) in [6.45, 7) is 3.72. The van der Waals surface area contributed by atoms with Gasteiger partial charge in [0.15, 0.2) is 0 Å². The zero-order valence-corrected chi connectivity index (χ0v) is 12.5. The van der Waals surface area contributed by atoms with Crippen molar-refractivity contribution in [3.8, 4) is 0 Å². The van der Waals surface area contributed by atoms with E-state index in [1.807, 2.05) is 36.6 Å². The molecule has 0 aromatic carbocycles. The summed E-state index contributed by atoms with van der Waals surface area (Å²) in [5.74, 6) is 0.511. The van der Waals surface area contributed by atoms with Crippen LogP contribution in [0.2, 0.25) is 0 Å². The van der Waals surface area contributed by atoms with Gasteiger partial charge in [0.05, 0.1) is 12.0 Å². The molecule has 6 heteroatoms. The summed E-state index contributed by atoms with van der Waals surface area (Å²) in [6.07, 6.45) is 10.0. The first-order chi connectivity index (χ1) is 10.3. The van der Waals surface area contributed by atoms with E-state index in [1.54, 1.807) is 0 Å². The molecule has 0 unspecified atom stereocenters. The lowest BCUT2D eigenvalue weighted by atomic mass is 9.92. The van der Waals surface area contributed by atoms with Crippen molar-refractivity contribution < 1.29 is 4.74 Å². The molecule has 2 aromatic rings. The van der Waals surface area contributed by atoms with Crippen LogP contribution >= 0.6 is 0 Å². The molecule has 114 valence electrons. The summed E-state index contributed by atoms with van der Waals surface area (Å²) in [7, 11) is 1.98. The van der Waals surface area contributed by atoms with E-state index in [-0.39, 0.29) is 6.10 Å². The molecule has 1 aliphatic heterocycles. The Morgan fingerprint density at radius 1 is 1.43 bits per heavy atom. The van der Waals surface area contributed by atoms with Crippen molar-refractivity contribution in [1.29, 1.82) is 0 Å². The molecule has 0 radical (unpaired) electrons. The fraction of sp³-hybridized carbons (Fsp3) is 0.600. The lowest BCUT2D eigenvalue weighted by Crippen LogP contribution is -2.34. The van der Waals surface area contributed by atoms with Gasteiger partial charge in [0, 0.05) is 57.8 Å². The Hall–Kier alpha value is -1.66.